The highest BCUT2D eigenvalue weighted by Gasteiger charge is 2.12. The van der Waals surface area contributed by atoms with Crippen molar-refractivity contribution in [2.24, 2.45) is 0 Å². The summed E-state index contributed by atoms with van der Waals surface area (Å²) in [5.74, 6) is -0.822. The Labute approximate surface area is 157 Å². The van der Waals surface area contributed by atoms with Crippen LogP contribution in [0.3, 0.4) is 0 Å². The highest BCUT2D eigenvalue weighted by molar-refractivity contribution is 7.98. The monoisotopic (exact) mass is 375 g/mol. The lowest BCUT2D eigenvalue weighted by atomic mass is 10.2. The standard InChI is InChI=1S/C19H22FN3O2S/c1-23(12-18(24)21-11-14-7-3-4-8-15(14)20)13-19(25)22-16-9-5-6-10-17(16)26-2/h3-10H,11-13H2,1-2H3,(H,21,24)(H,22,25). The third-order valence-electron chi connectivity index (χ3n) is 3.64. The Bertz CT molecular complexity index is 770. The maximum atomic E-state index is 13.5. The number of halogens is 1. The first-order valence-electron chi connectivity index (χ1n) is 8.11. The smallest absolute Gasteiger partial charge is 0.238 e. The quantitative estimate of drug-likeness (QED) is 0.697. The molecule has 0 radical (unpaired) electrons. The van der Waals surface area contributed by atoms with Gasteiger partial charge in [0, 0.05) is 17.0 Å². The first-order valence-corrected chi connectivity index (χ1v) is 9.33. The van der Waals surface area contributed by atoms with Gasteiger partial charge >= 0.3 is 0 Å². The molecule has 0 fully saturated rings. The number of nitrogens with one attached hydrogen (secondary N) is 2. The number of amides is 2. The zero-order valence-corrected chi connectivity index (χ0v) is 15.6. The Morgan fingerprint density at radius 1 is 1.04 bits per heavy atom. The van der Waals surface area contributed by atoms with Crippen LogP contribution in [0.5, 0.6) is 0 Å². The number of benzene rings is 2. The fourth-order valence-electron chi connectivity index (χ4n) is 2.38. The maximum absolute atomic E-state index is 13.5. The maximum Gasteiger partial charge on any atom is 0.238 e. The third kappa shape index (κ3) is 6.16. The van der Waals surface area contributed by atoms with E-state index >= 15 is 0 Å². The molecule has 26 heavy (non-hydrogen) atoms. The number of likely N-dealkylation sites (N-methyl/N-ethyl adjacent to an activating group) is 1. The van der Waals surface area contributed by atoms with Crippen LogP contribution in [-0.4, -0.2) is 43.1 Å². The lowest BCUT2D eigenvalue weighted by molar-refractivity contribution is -0.123. The summed E-state index contributed by atoms with van der Waals surface area (Å²) in [6, 6.07) is 13.8. The number of anilines is 1. The molecular formula is C19H22FN3O2S. The molecule has 2 rings (SSSR count). The largest absolute Gasteiger partial charge is 0.351 e. The van der Waals surface area contributed by atoms with Gasteiger partial charge in [0.2, 0.25) is 11.8 Å². The first-order chi connectivity index (χ1) is 12.5. The van der Waals surface area contributed by atoms with Crippen molar-refractivity contribution in [3.8, 4) is 0 Å². The Kier molecular flexibility index (Phi) is 7.62. The number of carbonyl (C=O) groups excluding carboxylic acids is 2. The van der Waals surface area contributed by atoms with Gasteiger partial charge < -0.3 is 10.6 Å². The number of carbonyl (C=O) groups is 2. The molecule has 0 aliphatic rings. The van der Waals surface area contributed by atoms with E-state index in [1.54, 1.807) is 41.9 Å². The van der Waals surface area contributed by atoms with Gasteiger partial charge in [0.25, 0.3) is 0 Å². The number of rotatable bonds is 8. The summed E-state index contributed by atoms with van der Waals surface area (Å²) in [5.41, 5.74) is 1.18. The molecule has 0 saturated heterocycles. The molecule has 138 valence electrons. The van der Waals surface area contributed by atoms with E-state index in [4.69, 9.17) is 0 Å². The topological polar surface area (TPSA) is 61.4 Å². The molecule has 2 aromatic carbocycles. The minimum atomic E-state index is -0.354. The van der Waals surface area contributed by atoms with Crippen molar-refractivity contribution in [3.63, 3.8) is 0 Å². The van der Waals surface area contributed by atoms with Gasteiger partial charge in [-0.25, -0.2) is 4.39 Å². The van der Waals surface area contributed by atoms with Crippen molar-refractivity contribution in [1.82, 2.24) is 10.2 Å². The van der Waals surface area contributed by atoms with E-state index in [0.29, 0.717) is 5.56 Å². The van der Waals surface area contributed by atoms with E-state index in [2.05, 4.69) is 10.6 Å². The van der Waals surface area contributed by atoms with Crippen molar-refractivity contribution in [3.05, 3.63) is 59.9 Å². The van der Waals surface area contributed by atoms with Crippen molar-refractivity contribution in [1.29, 1.82) is 0 Å². The van der Waals surface area contributed by atoms with E-state index in [1.165, 1.54) is 6.07 Å². The second-order valence-electron chi connectivity index (χ2n) is 5.79. The summed E-state index contributed by atoms with van der Waals surface area (Å²) in [6.45, 7) is 0.245. The van der Waals surface area contributed by atoms with Crippen LogP contribution in [0.4, 0.5) is 10.1 Å². The van der Waals surface area contributed by atoms with Crippen molar-refractivity contribution >= 4 is 29.3 Å². The third-order valence-corrected chi connectivity index (χ3v) is 4.44. The first kappa shape index (κ1) is 19.9. The van der Waals surface area contributed by atoms with Gasteiger partial charge in [-0.05, 0) is 31.5 Å². The molecule has 0 aliphatic carbocycles. The van der Waals surface area contributed by atoms with Crippen molar-refractivity contribution < 1.29 is 14.0 Å². The Balaban J connectivity index is 1.78. The molecule has 5 nitrogen and oxygen atoms in total. The molecule has 0 saturated carbocycles. The van der Waals surface area contributed by atoms with Crippen LogP contribution in [0.1, 0.15) is 5.56 Å². The molecule has 0 atom stereocenters. The van der Waals surface area contributed by atoms with E-state index in [0.717, 1.165) is 10.6 Å². The highest BCUT2D eigenvalue weighted by Crippen LogP contribution is 2.24. The zero-order chi connectivity index (χ0) is 18.9. The summed E-state index contributed by atoms with van der Waals surface area (Å²) in [7, 11) is 1.68. The molecule has 7 heteroatoms. The molecule has 0 unspecified atom stereocenters. The van der Waals surface area contributed by atoms with Crippen molar-refractivity contribution in [2.75, 3.05) is 31.7 Å². The molecular weight excluding hydrogens is 353 g/mol. The summed E-state index contributed by atoms with van der Waals surface area (Å²) < 4.78 is 13.5. The van der Waals surface area contributed by atoms with E-state index < -0.39 is 0 Å². The molecule has 0 aliphatic heterocycles. The molecule has 0 heterocycles. The average molecular weight is 375 g/mol. The second-order valence-corrected chi connectivity index (χ2v) is 6.64. The number of thioether (sulfide) groups is 1. The van der Waals surface area contributed by atoms with E-state index in [1.807, 2.05) is 30.5 Å². The van der Waals surface area contributed by atoms with Crippen LogP contribution in [-0.2, 0) is 16.1 Å². The van der Waals surface area contributed by atoms with Gasteiger partial charge in [0.05, 0.1) is 18.8 Å². The minimum absolute atomic E-state index is 0.0477. The predicted octanol–water partition coefficient (Wildman–Crippen LogP) is 2.73. The summed E-state index contributed by atoms with van der Waals surface area (Å²) in [4.78, 5) is 26.7. The molecule has 0 aromatic heterocycles. The van der Waals surface area contributed by atoms with Crippen LogP contribution in [0.25, 0.3) is 0 Å². The van der Waals surface area contributed by atoms with Gasteiger partial charge in [0.1, 0.15) is 5.82 Å². The molecule has 2 amide bonds. The van der Waals surface area contributed by atoms with Crippen LogP contribution in [0.2, 0.25) is 0 Å². The molecule has 2 N–H and O–H groups in total. The summed E-state index contributed by atoms with van der Waals surface area (Å²) in [6.07, 6.45) is 1.94. The molecule has 0 bridgehead atoms. The minimum Gasteiger partial charge on any atom is -0.351 e. The van der Waals surface area contributed by atoms with E-state index in [-0.39, 0.29) is 37.3 Å². The van der Waals surface area contributed by atoms with Crippen LogP contribution in [0, 0.1) is 5.82 Å². The van der Waals surface area contributed by atoms with Gasteiger partial charge in [-0.1, -0.05) is 30.3 Å². The fraction of sp³-hybridized carbons (Fsp3) is 0.263. The van der Waals surface area contributed by atoms with Gasteiger partial charge in [-0.2, -0.15) is 0 Å². The number of nitrogens with zero attached hydrogens (tertiary/aromatic N) is 1. The van der Waals surface area contributed by atoms with Crippen LogP contribution in [0.15, 0.2) is 53.4 Å². The summed E-state index contributed by atoms with van der Waals surface area (Å²) in [5, 5.41) is 5.50. The van der Waals surface area contributed by atoms with Gasteiger partial charge in [-0.3, -0.25) is 14.5 Å². The Morgan fingerprint density at radius 2 is 1.69 bits per heavy atom. The Hall–Kier alpha value is -2.38. The number of hydrogen-bond donors (Lipinski definition) is 2. The van der Waals surface area contributed by atoms with Crippen molar-refractivity contribution in [2.45, 2.75) is 11.4 Å². The highest BCUT2D eigenvalue weighted by atomic mass is 32.2. The second kappa shape index (κ2) is 9.94. The number of para-hydroxylation sites is 1. The normalized spacial score (nSPS) is 10.6. The Morgan fingerprint density at radius 3 is 2.42 bits per heavy atom. The number of hydrogen-bond acceptors (Lipinski definition) is 4. The summed E-state index contributed by atoms with van der Waals surface area (Å²) >= 11 is 1.55. The fourth-order valence-corrected chi connectivity index (χ4v) is 2.93. The molecule has 0 spiro atoms. The molecule has 2 aromatic rings. The SMILES string of the molecule is CSc1ccccc1NC(=O)CN(C)CC(=O)NCc1ccccc1F. The predicted molar refractivity (Wildman–Crippen MR) is 103 cm³/mol. The van der Waals surface area contributed by atoms with E-state index in [9.17, 15) is 14.0 Å². The van der Waals surface area contributed by atoms with Crippen LogP contribution < -0.4 is 10.6 Å². The zero-order valence-electron chi connectivity index (χ0n) is 14.8. The van der Waals surface area contributed by atoms with Gasteiger partial charge in [0.15, 0.2) is 0 Å². The lowest BCUT2D eigenvalue weighted by Gasteiger charge is -2.17. The average Bonchev–Trinajstić information content (AvgIpc) is 2.61. The lowest BCUT2D eigenvalue weighted by Crippen LogP contribution is -2.38. The van der Waals surface area contributed by atoms with Crippen LogP contribution >= 0.6 is 11.8 Å². The van der Waals surface area contributed by atoms with Gasteiger partial charge in [-0.15, -0.1) is 11.8 Å².